The van der Waals surface area contributed by atoms with Crippen LogP contribution in [-0.2, 0) is 4.79 Å². The number of benzene rings is 1. The molecule has 0 saturated carbocycles. The molecule has 1 saturated heterocycles. The summed E-state index contributed by atoms with van der Waals surface area (Å²) in [6, 6.07) is 5.34. The number of urea groups is 1. The van der Waals surface area contributed by atoms with Crippen LogP contribution in [0.25, 0.3) is 0 Å². The molecule has 5 nitrogen and oxygen atoms in total. The van der Waals surface area contributed by atoms with Crippen LogP contribution in [0.1, 0.15) is 5.56 Å². The summed E-state index contributed by atoms with van der Waals surface area (Å²) in [4.78, 5) is 24.6. The van der Waals surface area contributed by atoms with Gasteiger partial charge in [0.2, 0.25) is 5.91 Å². The molecule has 18 heavy (non-hydrogen) atoms. The second-order valence-electron chi connectivity index (χ2n) is 4.17. The van der Waals surface area contributed by atoms with Crippen molar-refractivity contribution in [2.75, 3.05) is 25.0 Å². The highest BCUT2D eigenvalue weighted by molar-refractivity contribution is 9.10. The first-order valence-corrected chi connectivity index (χ1v) is 6.44. The molecule has 3 amide bonds. The molecule has 1 aliphatic heterocycles. The van der Waals surface area contributed by atoms with Crippen molar-refractivity contribution in [1.82, 2.24) is 10.2 Å². The van der Waals surface area contributed by atoms with Gasteiger partial charge in [0.1, 0.15) is 6.54 Å². The summed E-state index contributed by atoms with van der Waals surface area (Å²) in [5, 5.41) is 5.47. The average molecular weight is 312 g/mol. The topological polar surface area (TPSA) is 61.4 Å². The Kier molecular flexibility index (Phi) is 3.86. The van der Waals surface area contributed by atoms with Crippen LogP contribution in [0.15, 0.2) is 22.7 Å². The minimum atomic E-state index is -0.244. The molecule has 0 bridgehead atoms. The zero-order chi connectivity index (χ0) is 13.1. The van der Waals surface area contributed by atoms with Gasteiger partial charge in [-0.1, -0.05) is 15.9 Å². The fraction of sp³-hybridized carbons (Fsp3) is 0.333. The molecule has 2 N–H and O–H groups in total. The van der Waals surface area contributed by atoms with Crippen LogP contribution < -0.4 is 10.6 Å². The molecule has 96 valence electrons. The smallest absolute Gasteiger partial charge is 0.322 e. The average Bonchev–Trinajstić information content (AvgIpc) is 2.34. The highest BCUT2D eigenvalue weighted by Gasteiger charge is 2.20. The van der Waals surface area contributed by atoms with E-state index in [1.165, 1.54) is 4.90 Å². The van der Waals surface area contributed by atoms with E-state index in [1.54, 1.807) is 0 Å². The highest BCUT2D eigenvalue weighted by Crippen LogP contribution is 2.20. The second kappa shape index (κ2) is 5.39. The van der Waals surface area contributed by atoms with Gasteiger partial charge < -0.3 is 15.5 Å². The van der Waals surface area contributed by atoms with Crippen molar-refractivity contribution in [3.8, 4) is 0 Å². The first-order valence-electron chi connectivity index (χ1n) is 5.65. The van der Waals surface area contributed by atoms with Crippen molar-refractivity contribution < 1.29 is 9.59 Å². The van der Waals surface area contributed by atoms with Crippen molar-refractivity contribution in [2.45, 2.75) is 6.92 Å². The Bertz CT molecular complexity index is 490. The predicted molar refractivity (Wildman–Crippen MR) is 72.5 cm³/mol. The van der Waals surface area contributed by atoms with Crippen molar-refractivity contribution in [3.63, 3.8) is 0 Å². The second-order valence-corrected chi connectivity index (χ2v) is 5.02. The SMILES string of the molecule is Cc1cc(NC(=O)N2CCNC(=O)C2)ccc1Br. The maximum Gasteiger partial charge on any atom is 0.322 e. The zero-order valence-electron chi connectivity index (χ0n) is 10.00. The number of anilines is 1. The van der Waals surface area contributed by atoms with Gasteiger partial charge in [0.25, 0.3) is 0 Å². The summed E-state index contributed by atoms with van der Waals surface area (Å²) in [5.74, 6) is -0.122. The summed E-state index contributed by atoms with van der Waals surface area (Å²) in [5.41, 5.74) is 1.77. The number of nitrogens with one attached hydrogen (secondary N) is 2. The molecule has 1 heterocycles. The largest absolute Gasteiger partial charge is 0.353 e. The molecule has 1 aromatic rings. The lowest BCUT2D eigenvalue weighted by molar-refractivity contribution is -0.123. The molecule has 0 unspecified atom stereocenters. The molecule has 6 heteroatoms. The fourth-order valence-corrected chi connectivity index (χ4v) is 1.98. The number of amides is 3. The van der Waals surface area contributed by atoms with Crippen molar-refractivity contribution >= 4 is 33.6 Å². The van der Waals surface area contributed by atoms with Crippen LogP contribution in [0, 0.1) is 6.92 Å². The molecule has 1 aromatic carbocycles. The molecule has 0 atom stereocenters. The number of rotatable bonds is 1. The number of carbonyl (C=O) groups excluding carboxylic acids is 2. The third-order valence-electron chi connectivity index (χ3n) is 2.73. The maximum absolute atomic E-state index is 11.9. The van der Waals surface area contributed by atoms with Gasteiger partial charge in [0.05, 0.1) is 0 Å². The fourth-order valence-electron chi connectivity index (χ4n) is 1.74. The lowest BCUT2D eigenvalue weighted by Crippen LogP contribution is -2.51. The van der Waals surface area contributed by atoms with Gasteiger partial charge in [0.15, 0.2) is 0 Å². The monoisotopic (exact) mass is 311 g/mol. The maximum atomic E-state index is 11.9. The highest BCUT2D eigenvalue weighted by atomic mass is 79.9. The number of halogens is 1. The van der Waals surface area contributed by atoms with Crippen LogP contribution in [0.4, 0.5) is 10.5 Å². The van der Waals surface area contributed by atoms with E-state index in [4.69, 9.17) is 0 Å². The summed E-state index contributed by atoms with van der Waals surface area (Å²) in [6.45, 7) is 3.11. The van der Waals surface area contributed by atoms with Gasteiger partial charge in [-0.25, -0.2) is 4.79 Å². The van der Waals surface area contributed by atoms with Crippen LogP contribution in [0.3, 0.4) is 0 Å². The van der Waals surface area contributed by atoms with Gasteiger partial charge in [-0.05, 0) is 30.7 Å². The Balaban J connectivity index is 2.02. The molecule has 0 aliphatic carbocycles. The Labute approximate surface area is 114 Å². The van der Waals surface area contributed by atoms with Crippen LogP contribution in [0.5, 0.6) is 0 Å². The normalized spacial score (nSPS) is 15.2. The van der Waals surface area contributed by atoms with E-state index < -0.39 is 0 Å². The number of aryl methyl sites for hydroxylation is 1. The van der Waals surface area contributed by atoms with Crippen molar-refractivity contribution in [2.24, 2.45) is 0 Å². The van der Waals surface area contributed by atoms with Gasteiger partial charge in [-0.3, -0.25) is 4.79 Å². The van der Waals surface area contributed by atoms with Crippen molar-refractivity contribution in [1.29, 1.82) is 0 Å². The third kappa shape index (κ3) is 3.01. The Morgan fingerprint density at radius 3 is 2.94 bits per heavy atom. The lowest BCUT2D eigenvalue weighted by Gasteiger charge is -2.26. The van der Waals surface area contributed by atoms with E-state index in [-0.39, 0.29) is 18.5 Å². The molecular formula is C12H14BrN3O2. The number of hydrogen-bond donors (Lipinski definition) is 2. The van der Waals surface area contributed by atoms with E-state index in [0.717, 1.165) is 15.7 Å². The molecule has 0 spiro atoms. The van der Waals surface area contributed by atoms with E-state index in [1.807, 2.05) is 25.1 Å². The Morgan fingerprint density at radius 1 is 1.50 bits per heavy atom. The summed E-state index contributed by atoms with van der Waals surface area (Å²) >= 11 is 3.40. The molecule has 2 rings (SSSR count). The van der Waals surface area contributed by atoms with Crippen LogP contribution in [-0.4, -0.2) is 36.5 Å². The number of hydrogen-bond acceptors (Lipinski definition) is 2. The van der Waals surface area contributed by atoms with Crippen LogP contribution in [0.2, 0.25) is 0 Å². The minimum Gasteiger partial charge on any atom is -0.353 e. The molecule has 1 fully saturated rings. The van der Waals surface area contributed by atoms with Crippen molar-refractivity contribution in [3.05, 3.63) is 28.2 Å². The lowest BCUT2D eigenvalue weighted by atomic mass is 10.2. The first-order chi connectivity index (χ1) is 8.56. The first kappa shape index (κ1) is 12.9. The number of nitrogens with zero attached hydrogens (tertiary/aromatic N) is 1. The van der Waals surface area contributed by atoms with Gasteiger partial charge in [-0.15, -0.1) is 0 Å². The van der Waals surface area contributed by atoms with E-state index in [9.17, 15) is 9.59 Å². The molecule has 1 aliphatic rings. The summed E-state index contributed by atoms with van der Waals surface area (Å²) < 4.78 is 0.998. The minimum absolute atomic E-state index is 0.112. The van der Waals surface area contributed by atoms with Gasteiger partial charge >= 0.3 is 6.03 Å². The van der Waals surface area contributed by atoms with E-state index in [0.29, 0.717) is 13.1 Å². The molecular weight excluding hydrogens is 298 g/mol. The molecule has 0 aromatic heterocycles. The van der Waals surface area contributed by atoms with Gasteiger partial charge in [-0.2, -0.15) is 0 Å². The molecule has 0 radical (unpaired) electrons. The number of carbonyl (C=O) groups is 2. The van der Waals surface area contributed by atoms with Crippen LogP contribution >= 0.6 is 15.9 Å². The standard InChI is InChI=1S/C12H14BrN3O2/c1-8-6-9(2-3-10(8)13)15-12(18)16-5-4-14-11(17)7-16/h2-3,6H,4-5,7H2,1H3,(H,14,17)(H,15,18). The predicted octanol–water partition coefficient (Wildman–Crippen LogP) is 1.72. The van der Waals surface area contributed by atoms with E-state index >= 15 is 0 Å². The third-order valence-corrected chi connectivity index (χ3v) is 3.62. The summed E-state index contributed by atoms with van der Waals surface area (Å²) in [6.07, 6.45) is 0. The Hall–Kier alpha value is -1.56. The number of piperazine rings is 1. The van der Waals surface area contributed by atoms with E-state index in [2.05, 4.69) is 26.6 Å². The Morgan fingerprint density at radius 2 is 2.28 bits per heavy atom. The summed E-state index contributed by atoms with van der Waals surface area (Å²) in [7, 11) is 0. The van der Waals surface area contributed by atoms with Gasteiger partial charge in [0, 0.05) is 23.2 Å². The zero-order valence-corrected chi connectivity index (χ0v) is 11.6. The quantitative estimate of drug-likeness (QED) is 0.829.